The lowest BCUT2D eigenvalue weighted by atomic mass is 9.97. The fourth-order valence-corrected chi connectivity index (χ4v) is 22.6. The van der Waals surface area contributed by atoms with Gasteiger partial charge in [0.15, 0.2) is 0 Å². The van der Waals surface area contributed by atoms with Crippen molar-refractivity contribution in [2.45, 2.75) is 79.6 Å². The molecule has 0 spiro atoms. The maximum absolute atomic E-state index is 12.6. The van der Waals surface area contributed by atoms with Crippen LogP contribution in [-0.4, -0.2) is 145 Å². The number of amides is 8. The first-order valence-electron chi connectivity index (χ1n) is 41.2. The number of pyridine rings is 6. The van der Waals surface area contributed by atoms with Gasteiger partial charge in [0, 0.05) is 152 Å². The Morgan fingerprint density at radius 2 is 0.754 bits per heavy atom. The molecular weight excluding hydrogens is 1750 g/mol. The van der Waals surface area contributed by atoms with Crippen LogP contribution in [0.25, 0.3) is 32.9 Å². The zero-order valence-electron chi connectivity index (χ0n) is 71.7. The Labute approximate surface area is 771 Å². The Morgan fingerprint density at radius 1 is 0.392 bits per heavy atom. The van der Waals surface area contributed by atoms with Gasteiger partial charge in [-0.25, -0.2) is 30.0 Å². The molecule has 0 bridgehead atoms. The van der Waals surface area contributed by atoms with Crippen molar-refractivity contribution in [1.29, 1.82) is 0 Å². The van der Waals surface area contributed by atoms with E-state index in [9.17, 15) is 38.4 Å². The van der Waals surface area contributed by atoms with Gasteiger partial charge in [-0.1, -0.05) is 85.8 Å². The second-order valence-corrected chi connectivity index (χ2v) is 36.7. The van der Waals surface area contributed by atoms with Crippen molar-refractivity contribution in [2.24, 2.45) is 30.0 Å². The lowest BCUT2D eigenvalue weighted by Gasteiger charge is -2.12. The third-order valence-electron chi connectivity index (χ3n) is 21.7. The van der Waals surface area contributed by atoms with Crippen LogP contribution in [0.3, 0.4) is 0 Å². The largest absolute Gasteiger partial charge is 0.497 e. The maximum Gasteiger partial charge on any atom is 0.279 e. The van der Waals surface area contributed by atoms with Crippen LogP contribution in [0.15, 0.2) is 265 Å². The number of nitrogens with one attached hydrogen (secondary N) is 1. The molecule has 24 nitrogen and oxygen atoms in total. The van der Waals surface area contributed by atoms with Crippen molar-refractivity contribution in [3.05, 3.63) is 364 Å². The molecule has 0 saturated heterocycles. The number of nitrogens with zero attached hydrogens (tertiary/aromatic N) is 13. The molecule has 8 amide bonds. The summed E-state index contributed by atoms with van der Waals surface area (Å²) in [6.45, 7) is 9.78. The summed E-state index contributed by atoms with van der Waals surface area (Å²) >= 11 is 9.30. The molecule has 130 heavy (non-hydrogen) atoms. The third-order valence-corrected chi connectivity index (χ3v) is 28.8. The van der Waals surface area contributed by atoms with Gasteiger partial charge in [-0.2, -0.15) is 0 Å². The number of benzene rings is 2. The van der Waals surface area contributed by atoms with Gasteiger partial charge in [0.25, 0.3) is 47.3 Å². The molecule has 0 aliphatic carbocycles. The van der Waals surface area contributed by atoms with E-state index in [2.05, 4.69) is 91.2 Å². The van der Waals surface area contributed by atoms with Crippen LogP contribution in [-0.2, 0) is 44.9 Å². The van der Waals surface area contributed by atoms with Crippen molar-refractivity contribution in [1.82, 2.24) is 40.1 Å². The van der Waals surface area contributed by atoms with Crippen LogP contribution < -0.4 is 10.1 Å². The van der Waals surface area contributed by atoms with Gasteiger partial charge in [-0.15, -0.1) is 68.0 Å². The third kappa shape index (κ3) is 19.1. The number of hydrogen-bond donors (Lipinski definition) is 1. The summed E-state index contributed by atoms with van der Waals surface area (Å²) < 4.78 is 10.6. The molecule has 13 aromatic heterocycles. The monoisotopic (exact) mass is 1830 g/mol. The van der Waals surface area contributed by atoms with Crippen LogP contribution in [0, 0.1) is 27.7 Å². The minimum Gasteiger partial charge on any atom is -0.497 e. The van der Waals surface area contributed by atoms with Gasteiger partial charge in [0.2, 0.25) is 0 Å². The molecule has 6 aliphatic rings. The second-order valence-electron chi connectivity index (χ2n) is 30.1. The Morgan fingerprint density at radius 3 is 1.14 bits per heavy atom. The molecule has 30 heteroatoms. The molecule has 0 radical (unpaired) electrons. The van der Waals surface area contributed by atoms with Gasteiger partial charge < -0.3 is 19.4 Å². The number of ether oxygens (including phenoxy) is 1. The van der Waals surface area contributed by atoms with E-state index in [-0.39, 0.29) is 47.3 Å². The van der Waals surface area contributed by atoms with Crippen LogP contribution in [0.4, 0.5) is 0 Å². The van der Waals surface area contributed by atoms with E-state index >= 15 is 0 Å². The number of furan rings is 1. The first kappa shape index (κ1) is 89.0. The number of aryl methyl sites for hydroxylation is 1. The Kier molecular flexibility index (Phi) is 27.3. The Bertz CT molecular complexity index is 7070. The zero-order chi connectivity index (χ0) is 90.8. The van der Waals surface area contributed by atoms with Gasteiger partial charge in [0.1, 0.15) is 11.5 Å². The minimum absolute atomic E-state index is 0.0795. The molecule has 0 fully saturated rings. The first-order chi connectivity index (χ1) is 63.1. The second kappa shape index (κ2) is 39.9. The molecule has 0 atom stereocenters. The summed E-state index contributed by atoms with van der Waals surface area (Å²) in [6.07, 6.45) is 16.4. The molecule has 6 aliphatic heterocycles. The molecule has 646 valence electrons. The van der Waals surface area contributed by atoms with E-state index in [4.69, 9.17) is 9.15 Å². The number of methoxy groups -OCH3 is 1. The molecule has 21 rings (SSSR count). The van der Waals surface area contributed by atoms with Crippen LogP contribution >= 0.6 is 68.0 Å². The van der Waals surface area contributed by atoms with Crippen molar-refractivity contribution in [3.63, 3.8) is 0 Å². The number of fused-ring (bicyclic) bond motifs is 6. The van der Waals surface area contributed by atoms with Crippen molar-refractivity contribution < 1.29 is 47.5 Å². The molecular formula is C100H80N14O10S6. The highest BCUT2D eigenvalue weighted by molar-refractivity contribution is 7.16. The summed E-state index contributed by atoms with van der Waals surface area (Å²) in [6, 6.07) is 55.3. The molecule has 2 aromatic carbocycles. The number of carbonyl (C=O) groups is 8. The quantitative estimate of drug-likeness (QED) is 0.112. The number of thiophene rings is 6. The van der Waals surface area contributed by atoms with Gasteiger partial charge in [0.05, 0.1) is 125 Å². The first-order valence-corrected chi connectivity index (χ1v) is 46.2. The average Bonchev–Trinajstić information content (AvgIpc) is 1.63. The molecule has 19 heterocycles. The Hall–Kier alpha value is -14.4. The number of carbonyl (C=O) groups excluding carboxylic acids is 8. The SMILES string of the molecule is CCc1c(C)sc2c1C(=O)N=C(c1ccccn1)C2.CNC(=O)c1sc2c(c1C)C(=O)N=C(c1ccccn1)C2.COc1ccc(-c2csc3c2C(=O)N=C(c2ccccn2)C3)cc1.Cc1c(-c2ccccc2)sc2c1C(=O)N=C(c1ccccn1)C2.Cc1c(C(=O)N(C)C)sc2c1C(=O)N=C(c1ccccn1)C2.O=C1N=C(c2ccccn2)Cc2scc(-c3ccco3)c21. The lowest BCUT2D eigenvalue weighted by Crippen LogP contribution is -2.21. The highest BCUT2D eigenvalue weighted by atomic mass is 32.1. The summed E-state index contributed by atoms with van der Waals surface area (Å²) in [7, 11) is 6.63. The predicted molar refractivity (Wildman–Crippen MR) is 514 cm³/mol. The lowest BCUT2D eigenvalue weighted by molar-refractivity contribution is 0.0829. The van der Waals surface area contributed by atoms with Gasteiger partial charge in [-0.05, 0) is 170 Å². The minimum atomic E-state index is -0.291. The van der Waals surface area contributed by atoms with E-state index in [1.807, 2.05) is 188 Å². The molecule has 0 saturated carbocycles. The van der Waals surface area contributed by atoms with E-state index in [0.717, 1.165) is 142 Å². The smallest absolute Gasteiger partial charge is 0.279 e. The van der Waals surface area contributed by atoms with Gasteiger partial charge >= 0.3 is 0 Å². The van der Waals surface area contributed by atoms with Gasteiger partial charge in [-0.3, -0.25) is 68.3 Å². The fourth-order valence-electron chi connectivity index (χ4n) is 15.4. The topological polar surface area (TPSA) is 326 Å². The molecule has 1 N–H and O–H groups in total. The van der Waals surface area contributed by atoms with Crippen molar-refractivity contribution >= 4 is 150 Å². The van der Waals surface area contributed by atoms with E-state index < -0.39 is 0 Å². The molecule has 0 unspecified atom stereocenters. The highest BCUT2D eigenvalue weighted by Gasteiger charge is 2.35. The van der Waals surface area contributed by atoms with E-state index in [1.165, 1.54) is 32.5 Å². The summed E-state index contributed by atoms with van der Waals surface area (Å²) in [5, 5.41) is 6.59. The zero-order valence-corrected chi connectivity index (χ0v) is 76.6. The van der Waals surface area contributed by atoms with Crippen LogP contribution in [0.1, 0.15) is 179 Å². The Balaban J connectivity index is 0.000000114. The van der Waals surface area contributed by atoms with Crippen molar-refractivity contribution in [3.8, 4) is 38.6 Å². The maximum atomic E-state index is 12.6. The molecule has 15 aromatic rings. The van der Waals surface area contributed by atoms with Crippen molar-refractivity contribution in [2.75, 3.05) is 28.3 Å². The fraction of sp³-hybridized carbons (Fsp3) is 0.160. The number of aliphatic imine (C=N–C) groups is 6. The highest BCUT2D eigenvalue weighted by Crippen LogP contribution is 2.43. The number of rotatable bonds is 13. The predicted octanol–water partition coefficient (Wildman–Crippen LogP) is 19.4. The summed E-state index contributed by atoms with van der Waals surface area (Å²) in [5.74, 6) is 0.0128. The standard InChI is InChI=1S/C19H14N2O2S.C19H14N2OS.C16H15N3O2S.C16H10N2O2S.C15H13N3O2S.C15H14N2OS/c1-23-13-7-5-12(6-8-13)14-11-24-17-10-16(21-19(22)18(14)17)15-4-2-3-9-20-15;1-12-17-16(23-18(12)13-7-3-2-4-8-13)11-15(21-19(17)22)14-9-5-6-10-20-14;1-9-13-12(22-14(9)16(21)19(2)3)8-11(18-15(13)20)10-6-4-5-7-17-10;19-16-15-10(13-5-3-7-20-13)9-21-14(15)8-12(18-16)11-4-1-2-6-17-11;1-8-12-11(21-13(8)15(20)16-2)7-10(18-14(12)19)9-5-3-4-6-17-9;1-3-10-9(2)19-13-8-12(17-15(18)14(10)13)11-6-4-5-7-16-11/h2-9,11H,10H2,1H3;2-10H,11H2,1H3;4-7H,8H2,1-3H3;1-7,9H,8H2;3-6H,7H2,1-2H3,(H,16,20);4-7H,3,8H2,1-2H3. The summed E-state index contributed by atoms with van der Waals surface area (Å²) in [4.78, 5) is 161. The number of hydrogen-bond acceptors (Lipinski definition) is 22. The van der Waals surface area contributed by atoms with Crippen LogP contribution in [0.2, 0.25) is 0 Å². The number of aromatic nitrogens is 6. The summed E-state index contributed by atoms with van der Waals surface area (Å²) in [5.41, 5.74) is 20.5. The van der Waals surface area contributed by atoms with E-state index in [1.54, 1.807) is 124 Å². The van der Waals surface area contributed by atoms with Crippen LogP contribution in [0.5, 0.6) is 5.75 Å². The van der Waals surface area contributed by atoms with E-state index in [0.29, 0.717) is 105 Å². The average molecular weight is 1830 g/mol. The normalized spacial score (nSPS) is 13.7.